The average Bonchev–Trinajstić information content (AvgIpc) is 2.78. The molecule has 0 amide bonds. The van der Waals surface area contributed by atoms with Crippen molar-refractivity contribution in [3.05, 3.63) is 18.5 Å². The van der Waals surface area contributed by atoms with E-state index in [4.69, 9.17) is 4.74 Å². The summed E-state index contributed by atoms with van der Waals surface area (Å²) in [6, 6.07) is 2.90. The van der Waals surface area contributed by atoms with E-state index in [0.717, 1.165) is 26.0 Å². The fraction of sp³-hybridized carbons (Fsp3) is 0.750. The number of nitrogens with zero attached hydrogens (tertiary/aromatic N) is 2. The van der Waals surface area contributed by atoms with Crippen LogP contribution in [0.5, 0.6) is 0 Å². The zero-order valence-corrected chi connectivity index (χ0v) is 10.5. The molecule has 0 spiro atoms. The molecule has 4 heteroatoms. The second-order valence-corrected chi connectivity index (χ2v) is 4.19. The molecule has 4 nitrogen and oxygen atoms in total. The Kier molecular flexibility index (Phi) is 6.11. The number of rotatable bonds is 8. The number of hydrogen-bond donors (Lipinski definition) is 1. The van der Waals surface area contributed by atoms with Gasteiger partial charge in [-0.2, -0.15) is 5.10 Å². The van der Waals surface area contributed by atoms with Gasteiger partial charge >= 0.3 is 0 Å². The van der Waals surface area contributed by atoms with Crippen LogP contribution in [-0.4, -0.2) is 35.6 Å². The van der Waals surface area contributed by atoms with E-state index in [2.05, 4.69) is 24.3 Å². The standard InChI is InChI=1S/C12H23N3O/c1-4-12(10-16-3)14-11(2)6-9-15-8-5-7-13-15/h5,7-8,11-12,14H,4,6,9-10H2,1-3H3. The molecule has 0 saturated carbocycles. The summed E-state index contributed by atoms with van der Waals surface area (Å²) in [4.78, 5) is 0. The highest BCUT2D eigenvalue weighted by Crippen LogP contribution is 2.00. The molecule has 1 aromatic heterocycles. The van der Waals surface area contributed by atoms with Crippen molar-refractivity contribution in [3.63, 3.8) is 0 Å². The molecule has 0 aromatic carbocycles. The lowest BCUT2D eigenvalue weighted by Gasteiger charge is -2.21. The molecular formula is C12H23N3O. The average molecular weight is 225 g/mol. The van der Waals surface area contributed by atoms with Gasteiger partial charge in [0.25, 0.3) is 0 Å². The number of hydrogen-bond acceptors (Lipinski definition) is 3. The Bertz CT molecular complexity index is 261. The van der Waals surface area contributed by atoms with E-state index in [-0.39, 0.29) is 0 Å². The van der Waals surface area contributed by atoms with Crippen molar-refractivity contribution in [1.82, 2.24) is 15.1 Å². The first-order valence-electron chi connectivity index (χ1n) is 5.98. The molecular weight excluding hydrogens is 202 g/mol. The lowest BCUT2D eigenvalue weighted by atomic mass is 10.1. The van der Waals surface area contributed by atoms with Gasteiger partial charge in [0.15, 0.2) is 0 Å². The van der Waals surface area contributed by atoms with Crippen molar-refractivity contribution < 1.29 is 4.74 Å². The van der Waals surface area contributed by atoms with Crippen LogP contribution < -0.4 is 5.32 Å². The van der Waals surface area contributed by atoms with Gasteiger partial charge in [0.2, 0.25) is 0 Å². The molecule has 0 radical (unpaired) electrons. The molecule has 0 saturated heterocycles. The predicted octanol–water partition coefficient (Wildman–Crippen LogP) is 1.68. The quantitative estimate of drug-likeness (QED) is 0.731. The molecule has 0 bridgehead atoms. The molecule has 0 fully saturated rings. The summed E-state index contributed by atoms with van der Waals surface area (Å²) in [5.74, 6) is 0. The van der Waals surface area contributed by atoms with Gasteiger partial charge in [-0.15, -0.1) is 0 Å². The first-order valence-corrected chi connectivity index (χ1v) is 5.98. The maximum Gasteiger partial charge on any atom is 0.0615 e. The van der Waals surface area contributed by atoms with Crippen LogP contribution in [0.15, 0.2) is 18.5 Å². The minimum atomic E-state index is 0.456. The van der Waals surface area contributed by atoms with E-state index in [0.29, 0.717) is 12.1 Å². The Morgan fingerprint density at radius 2 is 2.31 bits per heavy atom. The Morgan fingerprint density at radius 1 is 1.50 bits per heavy atom. The second kappa shape index (κ2) is 7.41. The van der Waals surface area contributed by atoms with Crippen molar-refractivity contribution in [3.8, 4) is 0 Å². The molecule has 1 heterocycles. The van der Waals surface area contributed by atoms with Gasteiger partial charge in [-0.3, -0.25) is 4.68 Å². The van der Waals surface area contributed by atoms with Gasteiger partial charge in [-0.05, 0) is 25.8 Å². The highest BCUT2D eigenvalue weighted by Gasteiger charge is 2.09. The van der Waals surface area contributed by atoms with Crippen LogP contribution in [0.25, 0.3) is 0 Å². The van der Waals surface area contributed by atoms with Crippen molar-refractivity contribution in [2.45, 2.75) is 45.3 Å². The topological polar surface area (TPSA) is 39.1 Å². The maximum absolute atomic E-state index is 5.17. The van der Waals surface area contributed by atoms with Crippen molar-refractivity contribution in [2.24, 2.45) is 0 Å². The number of aryl methyl sites for hydroxylation is 1. The van der Waals surface area contributed by atoms with Crippen LogP contribution >= 0.6 is 0 Å². The fourth-order valence-electron chi connectivity index (χ4n) is 1.73. The molecule has 1 aromatic rings. The summed E-state index contributed by atoms with van der Waals surface area (Å²) in [6.07, 6.45) is 6.00. The minimum absolute atomic E-state index is 0.456. The summed E-state index contributed by atoms with van der Waals surface area (Å²) in [5, 5.41) is 7.75. The van der Waals surface area contributed by atoms with Gasteiger partial charge in [-0.25, -0.2) is 0 Å². The zero-order chi connectivity index (χ0) is 11.8. The molecule has 2 atom stereocenters. The molecule has 16 heavy (non-hydrogen) atoms. The van der Waals surface area contributed by atoms with E-state index in [1.165, 1.54) is 0 Å². The summed E-state index contributed by atoms with van der Waals surface area (Å²) in [6.45, 7) is 6.13. The second-order valence-electron chi connectivity index (χ2n) is 4.19. The van der Waals surface area contributed by atoms with E-state index in [9.17, 15) is 0 Å². The van der Waals surface area contributed by atoms with Crippen LogP contribution in [0.4, 0.5) is 0 Å². The van der Waals surface area contributed by atoms with E-state index < -0.39 is 0 Å². The first-order chi connectivity index (χ1) is 7.76. The summed E-state index contributed by atoms with van der Waals surface area (Å²) >= 11 is 0. The SMILES string of the molecule is CCC(COC)NC(C)CCn1cccn1. The first kappa shape index (κ1) is 13.2. The van der Waals surface area contributed by atoms with Crippen LogP contribution in [0.2, 0.25) is 0 Å². The van der Waals surface area contributed by atoms with Crippen molar-refractivity contribution in [1.29, 1.82) is 0 Å². The third kappa shape index (κ3) is 4.77. The molecule has 1 rings (SSSR count). The van der Waals surface area contributed by atoms with Crippen LogP contribution in [0, 0.1) is 0 Å². The normalized spacial score (nSPS) is 14.9. The summed E-state index contributed by atoms with van der Waals surface area (Å²) < 4.78 is 7.13. The maximum atomic E-state index is 5.17. The Labute approximate surface area is 98.0 Å². The predicted molar refractivity (Wildman–Crippen MR) is 65.4 cm³/mol. The Balaban J connectivity index is 2.21. The van der Waals surface area contributed by atoms with Crippen LogP contribution in [0.1, 0.15) is 26.7 Å². The third-order valence-corrected chi connectivity index (χ3v) is 2.73. The summed E-state index contributed by atoms with van der Waals surface area (Å²) in [5.41, 5.74) is 0. The van der Waals surface area contributed by atoms with E-state index in [1.54, 1.807) is 7.11 Å². The van der Waals surface area contributed by atoms with Gasteiger partial charge in [0.1, 0.15) is 0 Å². The van der Waals surface area contributed by atoms with Crippen molar-refractivity contribution >= 4 is 0 Å². The molecule has 1 N–H and O–H groups in total. The minimum Gasteiger partial charge on any atom is -0.383 e. The Hall–Kier alpha value is -0.870. The van der Waals surface area contributed by atoms with Crippen LogP contribution in [-0.2, 0) is 11.3 Å². The number of methoxy groups -OCH3 is 1. The van der Waals surface area contributed by atoms with Gasteiger partial charge in [0, 0.05) is 38.1 Å². The van der Waals surface area contributed by atoms with E-state index >= 15 is 0 Å². The van der Waals surface area contributed by atoms with Gasteiger partial charge < -0.3 is 10.1 Å². The highest BCUT2D eigenvalue weighted by atomic mass is 16.5. The molecule has 92 valence electrons. The monoisotopic (exact) mass is 225 g/mol. The fourth-order valence-corrected chi connectivity index (χ4v) is 1.73. The summed E-state index contributed by atoms with van der Waals surface area (Å²) in [7, 11) is 1.75. The highest BCUT2D eigenvalue weighted by molar-refractivity contribution is 4.78. The zero-order valence-electron chi connectivity index (χ0n) is 10.5. The van der Waals surface area contributed by atoms with E-state index in [1.807, 2.05) is 23.1 Å². The van der Waals surface area contributed by atoms with Crippen LogP contribution in [0.3, 0.4) is 0 Å². The van der Waals surface area contributed by atoms with Gasteiger partial charge in [-0.1, -0.05) is 6.92 Å². The smallest absolute Gasteiger partial charge is 0.0615 e. The molecule has 0 aliphatic carbocycles. The number of ether oxygens (including phenoxy) is 1. The lowest BCUT2D eigenvalue weighted by molar-refractivity contribution is 0.158. The lowest BCUT2D eigenvalue weighted by Crippen LogP contribution is -2.39. The molecule has 2 unspecified atom stereocenters. The molecule has 0 aliphatic heterocycles. The third-order valence-electron chi connectivity index (χ3n) is 2.73. The number of aromatic nitrogens is 2. The number of nitrogens with one attached hydrogen (secondary N) is 1. The Morgan fingerprint density at radius 3 is 2.88 bits per heavy atom. The molecule has 0 aliphatic rings. The largest absolute Gasteiger partial charge is 0.383 e. The van der Waals surface area contributed by atoms with Crippen molar-refractivity contribution in [2.75, 3.05) is 13.7 Å². The van der Waals surface area contributed by atoms with Gasteiger partial charge in [0.05, 0.1) is 6.61 Å².